The van der Waals surface area contributed by atoms with Crippen LogP contribution in [-0.4, -0.2) is 65.6 Å². The van der Waals surface area contributed by atoms with E-state index in [1.165, 1.54) is 4.90 Å². The van der Waals surface area contributed by atoms with E-state index in [1.54, 1.807) is 0 Å². The fourth-order valence-corrected chi connectivity index (χ4v) is 5.41. The topological polar surface area (TPSA) is 70.1 Å². The molecule has 36 heavy (non-hydrogen) atoms. The zero-order valence-electron chi connectivity index (χ0n) is 20.8. The molecule has 190 valence electrons. The Labute approximate surface area is 218 Å². The molecule has 1 N–H and O–H groups in total. The van der Waals surface area contributed by atoms with Crippen LogP contribution in [0.15, 0.2) is 54.6 Å². The normalized spacial score (nSPS) is 17.2. The van der Waals surface area contributed by atoms with Crippen LogP contribution in [0.5, 0.6) is 5.75 Å². The molecule has 3 aromatic carbocycles. The highest BCUT2D eigenvalue weighted by atomic mass is 35.5. The summed E-state index contributed by atoms with van der Waals surface area (Å²) in [5, 5.41) is 12.2. The number of rotatable bonds is 7. The molecule has 0 spiro atoms. The SMILES string of the molecule is Cc1cccc(C)c1OCC(O)CN1CCC(CN2C(=O)c3cccc4cccc(c34)C2=O)CC1.Cl. The number of hydrogen-bond acceptors (Lipinski definition) is 5. The van der Waals surface area contributed by atoms with E-state index in [0.29, 0.717) is 24.2 Å². The van der Waals surface area contributed by atoms with Gasteiger partial charge >= 0.3 is 0 Å². The summed E-state index contributed by atoms with van der Waals surface area (Å²) < 4.78 is 5.91. The molecule has 2 heterocycles. The molecule has 0 saturated carbocycles. The number of aliphatic hydroxyl groups is 1. The minimum absolute atomic E-state index is 0. The monoisotopic (exact) mass is 508 g/mol. The fourth-order valence-electron chi connectivity index (χ4n) is 5.41. The van der Waals surface area contributed by atoms with Crippen LogP contribution in [0.3, 0.4) is 0 Å². The third-order valence-electron chi connectivity index (χ3n) is 7.30. The highest BCUT2D eigenvalue weighted by molar-refractivity contribution is 6.25. The smallest absolute Gasteiger partial charge is 0.261 e. The van der Waals surface area contributed by atoms with Crippen LogP contribution < -0.4 is 4.74 Å². The van der Waals surface area contributed by atoms with Gasteiger partial charge < -0.3 is 14.7 Å². The van der Waals surface area contributed by atoms with Crippen molar-refractivity contribution in [1.29, 1.82) is 0 Å². The average molecular weight is 509 g/mol. The van der Waals surface area contributed by atoms with Crippen molar-refractivity contribution in [3.8, 4) is 5.75 Å². The van der Waals surface area contributed by atoms with Crippen molar-refractivity contribution in [2.45, 2.75) is 32.8 Å². The number of carbonyl (C=O) groups is 2. The molecule has 1 atom stereocenters. The maximum Gasteiger partial charge on any atom is 0.261 e. The quantitative estimate of drug-likeness (QED) is 0.471. The molecular formula is C29H33ClN2O4. The number of hydrogen-bond donors (Lipinski definition) is 1. The highest BCUT2D eigenvalue weighted by Gasteiger charge is 2.34. The van der Waals surface area contributed by atoms with Crippen molar-refractivity contribution < 1.29 is 19.4 Å². The predicted molar refractivity (Wildman–Crippen MR) is 143 cm³/mol. The van der Waals surface area contributed by atoms with Gasteiger partial charge in [0.25, 0.3) is 11.8 Å². The Morgan fingerprint density at radius 1 is 0.917 bits per heavy atom. The second-order valence-corrected chi connectivity index (χ2v) is 9.86. The third kappa shape index (κ3) is 5.12. The Morgan fingerprint density at radius 3 is 2.06 bits per heavy atom. The molecule has 0 bridgehead atoms. The van der Waals surface area contributed by atoms with Gasteiger partial charge in [0.2, 0.25) is 0 Å². The second kappa shape index (κ2) is 11.0. The number of amides is 2. The summed E-state index contributed by atoms with van der Waals surface area (Å²) >= 11 is 0. The van der Waals surface area contributed by atoms with Crippen LogP contribution in [0.25, 0.3) is 10.8 Å². The number of para-hydroxylation sites is 1. The van der Waals surface area contributed by atoms with E-state index in [-0.39, 0.29) is 36.7 Å². The molecule has 1 fully saturated rings. The molecule has 3 aromatic rings. The first-order valence-electron chi connectivity index (χ1n) is 12.4. The van der Waals surface area contributed by atoms with Gasteiger partial charge in [-0.05, 0) is 74.3 Å². The van der Waals surface area contributed by atoms with Crippen LogP contribution in [-0.2, 0) is 0 Å². The summed E-state index contributed by atoms with van der Waals surface area (Å²) in [4.78, 5) is 30.0. The molecule has 2 amide bonds. The van der Waals surface area contributed by atoms with Crippen LogP contribution in [0, 0.1) is 19.8 Å². The largest absolute Gasteiger partial charge is 0.490 e. The lowest BCUT2D eigenvalue weighted by atomic mass is 9.91. The Balaban J connectivity index is 0.00000304. The van der Waals surface area contributed by atoms with Gasteiger partial charge in [0.15, 0.2) is 0 Å². The first kappa shape index (κ1) is 26.1. The Bertz CT molecular complexity index is 1200. The lowest BCUT2D eigenvalue weighted by molar-refractivity contribution is 0.0452. The standard InChI is InChI=1S/C29H32N2O4.ClH/c1-19-6-3-7-20(2)27(19)35-18-23(32)17-30-14-12-21(13-15-30)16-31-28(33)24-10-4-8-22-9-5-11-25(26(22)24)29(31)34;/h3-11,21,23,32H,12-18H2,1-2H3;1H. The number of nitrogens with zero attached hydrogens (tertiary/aromatic N) is 2. The summed E-state index contributed by atoms with van der Waals surface area (Å²) in [6.07, 6.45) is 1.19. The number of ether oxygens (including phenoxy) is 1. The summed E-state index contributed by atoms with van der Waals surface area (Å²) in [6, 6.07) is 17.3. The van der Waals surface area contributed by atoms with E-state index < -0.39 is 6.10 Å². The molecule has 2 aliphatic rings. The first-order valence-corrected chi connectivity index (χ1v) is 12.4. The summed E-state index contributed by atoms with van der Waals surface area (Å²) in [5.41, 5.74) is 3.36. The van der Waals surface area contributed by atoms with Crippen LogP contribution >= 0.6 is 12.4 Å². The van der Waals surface area contributed by atoms with E-state index in [1.807, 2.05) is 68.4 Å². The van der Waals surface area contributed by atoms with E-state index in [2.05, 4.69) is 4.90 Å². The molecule has 1 unspecified atom stereocenters. The third-order valence-corrected chi connectivity index (χ3v) is 7.30. The molecule has 2 aliphatic heterocycles. The zero-order valence-corrected chi connectivity index (χ0v) is 21.6. The second-order valence-electron chi connectivity index (χ2n) is 9.86. The highest BCUT2D eigenvalue weighted by Crippen LogP contribution is 2.31. The molecule has 7 heteroatoms. The number of halogens is 1. The Morgan fingerprint density at radius 2 is 1.47 bits per heavy atom. The van der Waals surface area contributed by atoms with Gasteiger partial charge in [-0.15, -0.1) is 12.4 Å². The maximum atomic E-state index is 13.2. The van der Waals surface area contributed by atoms with Gasteiger partial charge in [0, 0.05) is 29.6 Å². The average Bonchev–Trinajstić information content (AvgIpc) is 2.86. The van der Waals surface area contributed by atoms with Gasteiger partial charge in [-0.3, -0.25) is 14.5 Å². The van der Waals surface area contributed by atoms with Crippen molar-refractivity contribution in [2.24, 2.45) is 5.92 Å². The minimum atomic E-state index is -0.576. The Hall–Kier alpha value is -2.93. The maximum absolute atomic E-state index is 13.2. The fraction of sp³-hybridized carbons (Fsp3) is 0.379. The van der Waals surface area contributed by atoms with Crippen molar-refractivity contribution >= 4 is 35.0 Å². The number of benzene rings is 3. The molecule has 6 nitrogen and oxygen atoms in total. The minimum Gasteiger partial charge on any atom is -0.490 e. The van der Waals surface area contributed by atoms with Gasteiger partial charge in [0.05, 0.1) is 0 Å². The van der Waals surface area contributed by atoms with Crippen molar-refractivity contribution in [1.82, 2.24) is 9.80 Å². The van der Waals surface area contributed by atoms with E-state index in [4.69, 9.17) is 4.74 Å². The molecule has 0 aliphatic carbocycles. The summed E-state index contributed by atoms with van der Waals surface area (Å²) in [5.74, 6) is 0.714. The number of β-amino-alcohol motifs (C(OH)–C–C–N with tert-alkyl or cyclic N) is 1. The number of carbonyl (C=O) groups excluding carboxylic acids is 2. The lowest BCUT2D eigenvalue weighted by Crippen LogP contribution is -2.46. The van der Waals surface area contributed by atoms with Gasteiger partial charge in [0.1, 0.15) is 18.5 Å². The van der Waals surface area contributed by atoms with E-state index >= 15 is 0 Å². The van der Waals surface area contributed by atoms with Crippen molar-refractivity contribution in [2.75, 3.05) is 32.8 Å². The molecule has 1 saturated heterocycles. The van der Waals surface area contributed by atoms with Gasteiger partial charge in [-0.25, -0.2) is 0 Å². The number of imide groups is 1. The van der Waals surface area contributed by atoms with Crippen molar-refractivity contribution in [3.63, 3.8) is 0 Å². The summed E-state index contributed by atoms with van der Waals surface area (Å²) in [7, 11) is 0. The number of likely N-dealkylation sites (tertiary alicyclic amines) is 1. The van der Waals surface area contributed by atoms with Gasteiger partial charge in [-0.2, -0.15) is 0 Å². The molecule has 0 radical (unpaired) electrons. The van der Waals surface area contributed by atoms with E-state index in [9.17, 15) is 14.7 Å². The molecule has 5 rings (SSSR count). The zero-order chi connectivity index (χ0) is 24.5. The van der Waals surface area contributed by atoms with Crippen LogP contribution in [0.4, 0.5) is 0 Å². The van der Waals surface area contributed by atoms with E-state index in [0.717, 1.165) is 53.6 Å². The van der Waals surface area contributed by atoms with Crippen LogP contribution in [0.1, 0.15) is 44.7 Å². The number of aliphatic hydroxyl groups excluding tert-OH is 1. The number of piperidine rings is 1. The lowest BCUT2D eigenvalue weighted by Gasteiger charge is -2.36. The van der Waals surface area contributed by atoms with Crippen molar-refractivity contribution in [3.05, 3.63) is 76.9 Å². The first-order chi connectivity index (χ1) is 16.9. The van der Waals surface area contributed by atoms with Gasteiger partial charge in [-0.1, -0.05) is 42.5 Å². The molecular weight excluding hydrogens is 476 g/mol. The van der Waals surface area contributed by atoms with Crippen LogP contribution in [0.2, 0.25) is 0 Å². The summed E-state index contributed by atoms with van der Waals surface area (Å²) in [6.45, 7) is 6.92. The predicted octanol–water partition coefficient (Wildman–Crippen LogP) is 4.63. The number of aryl methyl sites for hydroxylation is 2. The molecule has 0 aromatic heterocycles. The Kier molecular flexibility index (Phi) is 7.98.